The highest BCUT2D eigenvalue weighted by molar-refractivity contribution is 7.15. The van der Waals surface area contributed by atoms with Crippen molar-refractivity contribution in [1.29, 1.82) is 0 Å². The number of nitrogens with zero attached hydrogens (tertiary/aromatic N) is 1. The fourth-order valence-electron chi connectivity index (χ4n) is 3.00. The second-order valence-corrected chi connectivity index (χ2v) is 7.19. The highest BCUT2D eigenvalue weighted by Gasteiger charge is 2.24. The van der Waals surface area contributed by atoms with Crippen LogP contribution in [0.5, 0.6) is 0 Å². The van der Waals surface area contributed by atoms with Crippen LogP contribution in [0, 0.1) is 0 Å². The molecule has 1 N–H and O–H groups in total. The minimum Gasteiger partial charge on any atom is -0.309 e. The summed E-state index contributed by atoms with van der Waals surface area (Å²) in [6.07, 6.45) is 3.69. The number of aryl methyl sites for hydroxylation is 1. The second kappa shape index (κ2) is 6.29. The first-order valence-corrected chi connectivity index (χ1v) is 8.84. The quantitative estimate of drug-likeness (QED) is 0.867. The third-order valence-corrected chi connectivity index (χ3v) is 5.41. The molecule has 1 aliphatic rings. The molecule has 0 spiro atoms. The SMILES string of the molecule is CCNC1CCCc2sc(-c3ccc(C(C)C)cc3)nc21. The summed E-state index contributed by atoms with van der Waals surface area (Å²) >= 11 is 1.88. The van der Waals surface area contributed by atoms with Crippen LogP contribution < -0.4 is 5.32 Å². The number of thiazole rings is 1. The van der Waals surface area contributed by atoms with Gasteiger partial charge in [0, 0.05) is 10.4 Å². The predicted octanol–water partition coefficient (Wildman–Crippen LogP) is 4.92. The van der Waals surface area contributed by atoms with Crippen LogP contribution in [0.4, 0.5) is 0 Å². The molecule has 1 aromatic carbocycles. The van der Waals surface area contributed by atoms with Crippen molar-refractivity contribution in [3.63, 3.8) is 0 Å². The Kier molecular flexibility index (Phi) is 4.41. The Balaban J connectivity index is 1.90. The second-order valence-electron chi connectivity index (χ2n) is 6.11. The minimum atomic E-state index is 0.457. The van der Waals surface area contributed by atoms with Gasteiger partial charge in [-0.15, -0.1) is 11.3 Å². The molecule has 0 bridgehead atoms. The van der Waals surface area contributed by atoms with Gasteiger partial charge < -0.3 is 5.32 Å². The van der Waals surface area contributed by atoms with E-state index in [0.717, 1.165) is 6.54 Å². The van der Waals surface area contributed by atoms with Gasteiger partial charge in [-0.25, -0.2) is 4.98 Å². The fourth-order valence-corrected chi connectivity index (χ4v) is 4.17. The zero-order chi connectivity index (χ0) is 14.8. The van der Waals surface area contributed by atoms with Gasteiger partial charge in [0.25, 0.3) is 0 Å². The van der Waals surface area contributed by atoms with Crippen LogP contribution in [-0.4, -0.2) is 11.5 Å². The first kappa shape index (κ1) is 14.7. The Morgan fingerprint density at radius 1 is 1.29 bits per heavy atom. The standard InChI is InChI=1S/C18H24N2S/c1-4-19-15-6-5-7-16-17(15)20-18(21-16)14-10-8-13(9-11-14)12(2)3/h8-12,15,19H,4-7H2,1-3H3. The van der Waals surface area contributed by atoms with Crippen LogP contribution in [0.2, 0.25) is 0 Å². The maximum atomic E-state index is 4.95. The first-order chi connectivity index (χ1) is 10.2. The van der Waals surface area contributed by atoms with Crippen LogP contribution in [0.3, 0.4) is 0 Å². The summed E-state index contributed by atoms with van der Waals surface area (Å²) in [7, 11) is 0. The molecule has 1 heterocycles. The van der Waals surface area contributed by atoms with Gasteiger partial charge in [0.1, 0.15) is 5.01 Å². The number of fused-ring (bicyclic) bond motifs is 1. The van der Waals surface area contributed by atoms with Crippen molar-refractivity contribution < 1.29 is 0 Å². The zero-order valence-electron chi connectivity index (χ0n) is 13.1. The smallest absolute Gasteiger partial charge is 0.123 e. The summed E-state index contributed by atoms with van der Waals surface area (Å²) in [6, 6.07) is 9.38. The van der Waals surface area contributed by atoms with Gasteiger partial charge >= 0.3 is 0 Å². The number of aromatic nitrogens is 1. The largest absolute Gasteiger partial charge is 0.309 e. The normalized spacial score (nSPS) is 18.0. The van der Waals surface area contributed by atoms with E-state index in [0.29, 0.717) is 12.0 Å². The van der Waals surface area contributed by atoms with Gasteiger partial charge in [-0.2, -0.15) is 0 Å². The highest BCUT2D eigenvalue weighted by Crippen LogP contribution is 2.37. The maximum absolute atomic E-state index is 4.95. The summed E-state index contributed by atoms with van der Waals surface area (Å²) in [6.45, 7) is 7.66. The third kappa shape index (κ3) is 3.04. The van der Waals surface area contributed by atoms with E-state index in [-0.39, 0.29) is 0 Å². The molecule has 3 heteroatoms. The molecular weight excluding hydrogens is 276 g/mol. The lowest BCUT2D eigenvalue weighted by molar-refractivity contribution is 0.465. The van der Waals surface area contributed by atoms with Crippen molar-refractivity contribution in [2.24, 2.45) is 0 Å². The van der Waals surface area contributed by atoms with E-state index < -0.39 is 0 Å². The van der Waals surface area contributed by atoms with E-state index in [1.54, 1.807) is 0 Å². The van der Waals surface area contributed by atoms with Crippen LogP contribution in [0.1, 0.15) is 61.7 Å². The van der Waals surface area contributed by atoms with Crippen molar-refractivity contribution in [3.05, 3.63) is 40.4 Å². The zero-order valence-corrected chi connectivity index (χ0v) is 14.0. The van der Waals surface area contributed by atoms with E-state index >= 15 is 0 Å². The van der Waals surface area contributed by atoms with Crippen molar-refractivity contribution in [2.45, 2.75) is 52.0 Å². The Hall–Kier alpha value is -1.19. The lowest BCUT2D eigenvalue weighted by Gasteiger charge is -2.21. The first-order valence-electron chi connectivity index (χ1n) is 8.02. The third-order valence-electron chi connectivity index (χ3n) is 4.23. The summed E-state index contributed by atoms with van der Waals surface area (Å²) in [5, 5.41) is 4.75. The molecule has 0 saturated heterocycles. The molecule has 1 aromatic heterocycles. The molecule has 0 fully saturated rings. The molecule has 0 aliphatic heterocycles. The Bertz CT molecular complexity index is 598. The maximum Gasteiger partial charge on any atom is 0.123 e. The topological polar surface area (TPSA) is 24.9 Å². The molecule has 2 nitrogen and oxygen atoms in total. The Morgan fingerprint density at radius 2 is 2.05 bits per heavy atom. The van der Waals surface area contributed by atoms with E-state index in [2.05, 4.69) is 50.4 Å². The van der Waals surface area contributed by atoms with Crippen LogP contribution in [-0.2, 0) is 6.42 Å². The van der Waals surface area contributed by atoms with Crippen molar-refractivity contribution in [2.75, 3.05) is 6.54 Å². The number of rotatable bonds is 4. The summed E-state index contributed by atoms with van der Waals surface area (Å²) in [5.74, 6) is 0.585. The molecular formula is C18H24N2S. The van der Waals surface area contributed by atoms with Crippen LogP contribution >= 0.6 is 11.3 Å². The average molecular weight is 300 g/mol. The Labute approximate surface area is 131 Å². The van der Waals surface area contributed by atoms with Crippen LogP contribution in [0.15, 0.2) is 24.3 Å². The molecule has 21 heavy (non-hydrogen) atoms. The number of nitrogens with one attached hydrogen (secondary N) is 1. The van der Waals surface area contributed by atoms with Crippen molar-refractivity contribution >= 4 is 11.3 Å². The monoisotopic (exact) mass is 300 g/mol. The molecule has 0 saturated carbocycles. The van der Waals surface area contributed by atoms with E-state index in [1.807, 2.05) is 11.3 Å². The van der Waals surface area contributed by atoms with E-state index in [1.165, 1.54) is 46.0 Å². The molecule has 1 atom stereocenters. The number of hydrogen-bond donors (Lipinski definition) is 1. The van der Waals surface area contributed by atoms with E-state index in [4.69, 9.17) is 4.98 Å². The van der Waals surface area contributed by atoms with Gasteiger partial charge in [-0.3, -0.25) is 0 Å². The van der Waals surface area contributed by atoms with Crippen molar-refractivity contribution in [1.82, 2.24) is 10.3 Å². The summed E-state index contributed by atoms with van der Waals surface area (Å²) in [4.78, 5) is 6.43. The molecule has 1 aliphatic carbocycles. The molecule has 1 unspecified atom stereocenters. The number of benzene rings is 1. The molecule has 112 valence electrons. The predicted molar refractivity (Wildman–Crippen MR) is 91.0 cm³/mol. The molecule has 3 rings (SSSR count). The number of hydrogen-bond acceptors (Lipinski definition) is 3. The van der Waals surface area contributed by atoms with E-state index in [9.17, 15) is 0 Å². The van der Waals surface area contributed by atoms with Crippen LogP contribution in [0.25, 0.3) is 10.6 Å². The van der Waals surface area contributed by atoms with Gasteiger partial charge in [0.15, 0.2) is 0 Å². The fraction of sp³-hybridized carbons (Fsp3) is 0.500. The van der Waals surface area contributed by atoms with Gasteiger partial charge in [0.05, 0.1) is 11.7 Å². The minimum absolute atomic E-state index is 0.457. The molecule has 2 aromatic rings. The molecule has 0 amide bonds. The lowest BCUT2D eigenvalue weighted by atomic mass is 9.97. The Morgan fingerprint density at radius 3 is 2.71 bits per heavy atom. The van der Waals surface area contributed by atoms with Gasteiger partial charge in [0.2, 0.25) is 0 Å². The van der Waals surface area contributed by atoms with Crippen molar-refractivity contribution in [3.8, 4) is 10.6 Å². The summed E-state index contributed by atoms with van der Waals surface area (Å²) in [5.41, 5.74) is 3.95. The highest BCUT2D eigenvalue weighted by atomic mass is 32.1. The average Bonchev–Trinajstić information content (AvgIpc) is 2.93. The summed E-state index contributed by atoms with van der Waals surface area (Å²) < 4.78 is 0. The molecule has 0 radical (unpaired) electrons. The van der Waals surface area contributed by atoms with Gasteiger partial charge in [-0.05, 0) is 37.3 Å². The lowest BCUT2D eigenvalue weighted by Crippen LogP contribution is -2.24. The van der Waals surface area contributed by atoms with Gasteiger partial charge in [-0.1, -0.05) is 45.0 Å².